The summed E-state index contributed by atoms with van der Waals surface area (Å²) in [6, 6.07) is 8.66. The fourth-order valence-electron chi connectivity index (χ4n) is 2.21. The molecule has 0 saturated heterocycles. The number of rotatable bonds is 7. The largest absolute Gasteiger partial charge is 0.270 e. The van der Waals surface area contributed by atoms with Gasteiger partial charge in [0.25, 0.3) is 5.69 Å². The topological polar surface area (TPSA) is 115 Å². The number of non-ortho nitro benzene ring substituents is 1. The van der Waals surface area contributed by atoms with Crippen molar-refractivity contribution < 1.29 is 13.3 Å². The predicted molar refractivity (Wildman–Crippen MR) is 97.3 cm³/mol. The van der Waals surface area contributed by atoms with Crippen LogP contribution in [0.3, 0.4) is 0 Å². The van der Waals surface area contributed by atoms with Gasteiger partial charge in [-0.2, -0.15) is 0 Å². The highest BCUT2D eigenvalue weighted by Crippen LogP contribution is 2.21. The van der Waals surface area contributed by atoms with Crippen molar-refractivity contribution in [2.24, 2.45) is 0 Å². The van der Waals surface area contributed by atoms with Gasteiger partial charge in [0.15, 0.2) is 0 Å². The maximum atomic E-state index is 12.3. The Morgan fingerprint density at radius 2 is 2.08 bits per heavy atom. The zero-order valence-electron chi connectivity index (χ0n) is 13.4. The van der Waals surface area contributed by atoms with Crippen LogP contribution in [0.25, 0.3) is 11.3 Å². The SMILES string of the molecule is O=[N+]([O-])c1cccc(S(=O)(=O)NCCc2nc(-c3cccnc3)cs2)c1. The van der Waals surface area contributed by atoms with Crippen molar-refractivity contribution in [3.05, 3.63) is 69.3 Å². The lowest BCUT2D eigenvalue weighted by Gasteiger charge is -2.05. The average molecular weight is 390 g/mol. The van der Waals surface area contributed by atoms with Gasteiger partial charge in [-0.25, -0.2) is 18.1 Å². The minimum absolute atomic E-state index is 0.137. The Balaban J connectivity index is 1.63. The van der Waals surface area contributed by atoms with E-state index in [0.29, 0.717) is 6.42 Å². The van der Waals surface area contributed by atoms with Crippen LogP contribution < -0.4 is 4.72 Å². The number of sulfonamides is 1. The molecule has 0 aliphatic rings. The Morgan fingerprint density at radius 1 is 1.23 bits per heavy atom. The summed E-state index contributed by atoms with van der Waals surface area (Å²) in [6.45, 7) is 0.144. The van der Waals surface area contributed by atoms with Crippen molar-refractivity contribution in [1.29, 1.82) is 0 Å². The zero-order chi connectivity index (χ0) is 18.6. The Hall–Kier alpha value is -2.69. The lowest BCUT2D eigenvalue weighted by molar-refractivity contribution is -0.385. The van der Waals surface area contributed by atoms with Crippen LogP contribution in [0.4, 0.5) is 5.69 Å². The normalized spacial score (nSPS) is 11.4. The Labute approximate surface area is 153 Å². The van der Waals surface area contributed by atoms with E-state index < -0.39 is 14.9 Å². The lowest BCUT2D eigenvalue weighted by atomic mass is 10.2. The van der Waals surface area contributed by atoms with Gasteiger partial charge in [0.05, 0.1) is 20.5 Å². The maximum Gasteiger partial charge on any atom is 0.270 e. The van der Waals surface area contributed by atoms with E-state index in [1.54, 1.807) is 12.4 Å². The minimum Gasteiger partial charge on any atom is -0.264 e. The quantitative estimate of drug-likeness (QED) is 0.490. The Morgan fingerprint density at radius 3 is 2.81 bits per heavy atom. The number of hydrogen-bond donors (Lipinski definition) is 1. The van der Waals surface area contributed by atoms with Gasteiger partial charge < -0.3 is 0 Å². The number of hydrogen-bond acceptors (Lipinski definition) is 7. The molecule has 0 bridgehead atoms. The molecule has 0 radical (unpaired) electrons. The second-order valence-electron chi connectivity index (χ2n) is 5.27. The van der Waals surface area contributed by atoms with Gasteiger partial charge in [0.2, 0.25) is 10.0 Å². The van der Waals surface area contributed by atoms with Crippen molar-refractivity contribution in [2.45, 2.75) is 11.3 Å². The summed E-state index contributed by atoms with van der Waals surface area (Å²) < 4.78 is 27.0. The fourth-order valence-corrected chi connectivity index (χ4v) is 4.09. The predicted octanol–water partition coefficient (Wildman–Crippen LogP) is 2.63. The van der Waals surface area contributed by atoms with Gasteiger partial charge in [-0.1, -0.05) is 6.07 Å². The molecule has 0 unspecified atom stereocenters. The van der Waals surface area contributed by atoms with Gasteiger partial charge >= 0.3 is 0 Å². The van der Waals surface area contributed by atoms with Gasteiger partial charge in [-0.3, -0.25) is 15.1 Å². The van der Waals surface area contributed by atoms with Crippen molar-refractivity contribution in [3.8, 4) is 11.3 Å². The number of benzene rings is 1. The van der Waals surface area contributed by atoms with E-state index >= 15 is 0 Å². The third kappa shape index (κ3) is 4.28. The standard InChI is InChI=1S/C16H14N4O4S2/c21-20(22)13-4-1-5-14(9-13)26(23,24)18-8-6-16-19-15(11-25-16)12-3-2-7-17-10-12/h1-5,7,9-11,18H,6,8H2. The van der Waals surface area contributed by atoms with Crippen LogP contribution in [0, 0.1) is 10.1 Å². The molecular formula is C16H14N4O4S2. The summed E-state index contributed by atoms with van der Waals surface area (Å²) in [5.41, 5.74) is 1.42. The van der Waals surface area contributed by atoms with Gasteiger partial charge in [-0.05, 0) is 18.2 Å². The second-order valence-corrected chi connectivity index (χ2v) is 7.98. The number of nitro groups is 1. The summed E-state index contributed by atoms with van der Waals surface area (Å²) in [6.07, 6.45) is 3.81. The molecule has 3 aromatic rings. The van der Waals surface area contributed by atoms with E-state index in [-0.39, 0.29) is 17.1 Å². The van der Waals surface area contributed by atoms with E-state index in [1.807, 2.05) is 17.5 Å². The molecule has 2 aromatic heterocycles. The van der Waals surface area contributed by atoms with E-state index in [0.717, 1.165) is 22.3 Å². The highest BCUT2D eigenvalue weighted by Gasteiger charge is 2.17. The Kier molecular flexibility index (Phi) is 5.35. The van der Waals surface area contributed by atoms with E-state index in [1.165, 1.54) is 29.5 Å². The van der Waals surface area contributed by atoms with Crippen LogP contribution in [0.5, 0.6) is 0 Å². The van der Waals surface area contributed by atoms with Crippen molar-refractivity contribution in [2.75, 3.05) is 6.54 Å². The first kappa shape index (κ1) is 18.1. The fraction of sp³-hybridized carbons (Fsp3) is 0.125. The second kappa shape index (κ2) is 7.68. The first-order valence-corrected chi connectivity index (χ1v) is 9.91. The first-order chi connectivity index (χ1) is 12.5. The molecule has 1 aromatic carbocycles. The monoisotopic (exact) mass is 390 g/mol. The first-order valence-electron chi connectivity index (χ1n) is 7.54. The minimum atomic E-state index is -3.82. The maximum absolute atomic E-state index is 12.3. The molecular weight excluding hydrogens is 376 g/mol. The van der Waals surface area contributed by atoms with E-state index in [9.17, 15) is 18.5 Å². The molecule has 8 nitrogen and oxygen atoms in total. The average Bonchev–Trinajstić information content (AvgIpc) is 3.11. The summed E-state index contributed by atoms with van der Waals surface area (Å²) in [5.74, 6) is 0. The van der Waals surface area contributed by atoms with Gasteiger partial charge in [0, 0.05) is 48.4 Å². The number of pyridine rings is 1. The van der Waals surface area contributed by atoms with Gasteiger partial charge in [0.1, 0.15) is 0 Å². The Bertz CT molecular complexity index is 1020. The van der Waals surface area contributed by atoms with Gasteiger partial charge in [-0.15, -0.1) is 11.3 Å². The summed E-state index contributed by atoms with van der Waals surface area (Å²) >= 11 is 1.43. The molecule has 0 amide bonds. The molecule has 0 aliphatic heterocycles. The van der Waals surface area contributed by atoms with E-state index in [2.05, 4.69) is 14.7 Å². The van der Waals surface area contributed by atoms with Crippen molar-refractivity contribution in [1.82, 2.24) is 14.7 Å². The van der Waals surface area contributed by atoms with Crippen LogP contribution in [-0.2, 0) is 16.4 Å². The molecule has 26 heavy (non-hydrogen) atoms. The van der Waals surface area contributed by atoms with Crippen LogP contribution >= 0.6 is 11.3 Å². The number of nitro benzene ring substituents is 1. The molecule has 134 valence electrons. The number of nitrogens with zero attached hydrogens (tertiary/aromatic N) is 3. The number of aromatic nitrogens is 2. The van der Waals surface area contributed by atoms with Crippen molar-refractivity contribution in [3.63, 3.8) is 0 Å². The molecule has 0 aliphatic carbocycles. The third-order valence-corrected chi connectivity index (χ3v) is 5.85. The highest BCUT2D eigenvalue weighted by molar-refractivity contribution is 7.89. The van der Waals surface area contributed by atoms with Crippen LogP contribution in [0.1, 0.15) is 5.01 Å². The molecule has 3 rings (SSSR count). The molecule has 2 heterocycles. The summed E-state index contributed by atoms with van der Waals surface area (Å²) in [4.78, 5) is 18.5. The highest BCUT2D eigenvalue weighted by atomic mass is 32.2. The van der Waals surface area contributed by atoms with Crippen LogP contribution in [0.2, 0.25) is 0 Å². The van der Waals surface area contributed by atoms with Crippen molar-refractivity contribution >= 4 is 27.0 Å². The molecule has 1 N–H and O–H groups in total. The molecule has 0 saturated carbocycles. The van der Waals surface area contributed by atoms with Crippen LogP contribution in [0.15, 0.2) is 59.1 Å². The molecule has 0 atom stereocenters. The van der Waals surface area contributed by atoms with E-state index in [4.69, 9.17) is 0 Å². The zero-order valence-corrected chi connectivity index (χ0v) is 15.0. The summed E-state index contributed by atoms with van der Waals surface area (Å²) in [5, 5.41) is 13.5. The molecule has 0 spiro atoms. The smallest absolute Gasteiger partial charge is 0.264 e. The number of nitrogens with one attached hydrogen (secondary N) is 1. The summed E-state index contributed by atoms with van der Waals surface area (Å²) in [7, 11) is -3.82. The lowest BCUT2D eigenvalue weighted by Crippen LogP contribution is -2.26. The third-order valence-electron chi connectivity index (χ3n) is 3.48. The molecule has 10 heteroatoms. The van der Waals surface area contributed by atoms with Crippen LogP contribution in [-0.4, -0.2) is 29.9 Å². The molecule has 0 fully saturated rings. The number of thiazole rings is 1.